The highest BCUT2D eigenvalue weighted by molar-refractivity contribution is 5.25. The molecule has 0 aromatic carbocycles. The van der Waals surface area contributed by atoms with Gasteiger partial charge < -0.3 is 10.6 Å². The number of nitrogens with one attached hydrogen (secondary N) is 2. The second-order valence-electron chi connectivity index (χ2n) is 2.69. The van der Waals surface area contributed by atoms with Gasteiger partial charge in [0.15, 0.2) is 0 Å². The molecule has 0 saturated carbocycles. The van der Waals surface area contributed by atoms with E-state index in [4.69, 9.17) is 0 Å². The molecule has 2 rings (SSSR count). The van der Waals surface area contributed by atoms with Crippen molar-refractivity contribution in [1.82, 2.24) is 10.6 Å². The Morgan fingerprint density at radius 2 is 1.42 bits per heavy atom. The molecule has 2 heteroatoms. The van der Waals surface area contributed by atoms with Gasteiger partial charge in [0, 0.05) is 24.9 Å². The summed E-state index contributed by atoms with van der Waals surface area (Å²) in [6, 6.07) is 5.99. The van der Waals surface area contributed by atoms with Crippen LogP contribution in [-0.4, -0.2) is 12.1 Å². The van der Waals surface area contributed by atoms with Crippen molar-refractivity contribution in [1.29, 1.82) is 0 Å². The SMILES string of the molecule is C1#CNC(C#CC2CC#CN2)C1. The molecule has 0 fully saturated rings. The molecule has 0 spiro atoms. The second-order valence-corrected chi connectivity index (χ2v) is 2.69. The number of hydrogen-bond acceptors (Lipinski definition) is 2. The highest BCUT2D eigenvalue weighted by atomic mass is 14.9. The Bertz CT molecular complexity index is 297. The Labute approximate surface area is 72.1 Å². The van der Waals surface area contributed by atoms with Crippen LogP contribution < -0.4 is 10.6 Å². The number of rotatable bonds is 0. The van der Waals surface area contributed by atoms with Crippen molar-refractivity contribution in [2.24, 2.45) is 0 Å². The van der Waals surface area contributed by atoms with Crippen LogP contribution in [0.15, 0.2) is 0 Å². The standard InChI is InChI=1S/C10H8N2/c1-3-9(11-7-1)5-6-10-4-2-8-12-10/h9-12H,3-4H2. The third-order valence-corrected chi connectivity index (χ3v) is 1.71. The van der Waals surface area contributed by atoms with Crippen molar-refractivity contribution >= 4 is 0 Å². The van der Waals surface area contributed by atoms with Crippen molar-refractivity contribution < 1.29 is 0 Å². The fraction of sp³-hybridized carbons (Fsp3) is 0.400. The molecule has 2 unspecified atom stereocenters. The molecule has 2 nitrogen and oxygen atoms in total. The lowest BCUT2D eigenvalue weighted by atomic mass is 10.2. The molecule has 0 amide bonds. The first-order valence-electron chi connectivity index (χ1n) is 3.93. The molecule has 0 saturated heterocycles. The van der Waals surface area contributed by atoms with Crippen LogP contribution in [0.1, 0.15) is 12.8 Å². The first kappa shape index (κ1) is 6.96. The van der Waals surface area contributed by atoms with Gasteiger partial charge in [-0.1, -0.05) is 23.7 Å². The van der Waals surface area contributed by atoms with Crippen molar-refractivity contribution in [3.63, 3.8) is 0 Å². The fourth-order valence-electron chi connectivity index (χ4n) is 1.06. The lowest BCUT2D eigenvalue weighted by Gasteiger charge is -2.01. The molecule has 2 atom stereocenters. The van der Waals surface area contributed by atoms with E-state index in [1.165, 1.54) is 0 Å². The minimum atomic E-state index is 0.201. The minimum absolute atomic E-state index is 0.201. The second kappa shape index (κ2) is 3.12. The monoisotopic (exact) mass is 156 g/mol. The van der Waals surface area contributed by atoms with Crippen LogP contribution in [0.5, 0.6) is 0 Å². The van der Waals surface area contributed by atoms with Gasteiger partial charge in [-0.3, -0.25) is 0 Å². The third-order valence-electron chi connectivity index (χ3n) is 1.71. The molecule has 2 N–H and O–H groups in total. The smallest absolute Gasteiger partial charge is 0.106 e. The molecule has 2 aliphatic rings. The Hall–Kier alpha value is -1.72. The average Bonchev–Trinajstić information content (AvgIpc) is 2.74. The summed E-state index contributed by atoms with van der Waals surface area (Å²) >= 11 is 0. The van der Waals surface area contributed by atoms with Gasteiger partial charge in [-0.2, -0.15) is 0 Å². The third kappa shape index (κ3) is 1.47. The van der Waals surface area contributed by atoms with Crippen LogP contribution in [-0.2, 0) is 0 Å². The van der Waals surface area contributed by atoms with Crippen LogP contribution in [0.2, 0.25) is 0 Å². The molecule has 2 heterocycles. The average molecular weight is 156 g/mol. The molecule has 58 valence electrons. The molecule has 0 radical (unpaired) electrons. The van der Waals surface area contributed by atoms with Crippen LogP contribution in [0.25, 0.3) is 0 Å². The van der Waals surface area contributed by atoms with E-state index in [2.05, 4.69) is 46.4 Å². The van der Waals surface area contributed by atoms with Crippen LogP contribution in [0.3, 0.4) is 0 Å². The zero-order valence-electron chi connectivity index (χ0n) is 6.57. The zero-order chi connectivity index (χ0) is 8.23. The summed E-state index contributed by atoms with van der Waals surface area (Å²) in [6.07, 6.45) is 1.67. The van der Waals surface area contributed by atoms with Crippen molar-refractivity contribution in [2.75, 3.05) is 0 Å². The molecular formula is C10H8N2. The fourth-order valence-corrected chi connectivity index (χ4v) is 1.06. The summed E-state index contributed by atoms with van der Waals surface area (Å²) in [5.41, 5.74) is 0. The van der Waals surface area contributed by atoms with Crippen LogP contribution >= 0.6 is 0 Å². The van der Waals surface area contributed by atoms with E-state index in [0.717, 1.165) is 12.8 Å². The van der Waals surface area contributed by atoms with Gasteiger partial charge in [0.05, 0.1) is 0 Å². The maximum atomic E-state index is 3.09. The summed E-state index contributed by atoms with van der Waals surface area (Å²) in [7, 11) is 0. The summed E-state index contributed by atoms with van der Waals surface area (Å²) in [6.45, 7) is 0. The predicted octanol–water partition coefficient (Wildman–Crippen LogP) is -0.365. The molecule has 0 aromatic rings. The van der Waals surface area contributed by atoms with Crippen molar-refractivity contribution in [3.05, 3.63) is 0 Å². The summed E-state index contributed by atoms with van der Waals surface area (Å²) in [5, 5.41) is 5.95. The van der Waals surface area contributed by atoms with Gasteiger partial charge in [0.2, 0.25) is 0 Å². The summed E-state index contributed by atoms with van der Waals surface area (Å²) in [5.74, 6) is 12.1. The summed E-state index contributed by atoms with van der Waals surface area (Å²) in [4.78, 5) is 0. The molecule has 0 bridgehead atoms. The lowest BCUT2D eigenvalue weighted by Crippen LogP contribution is -2.21. The Balaban J connectivity index is 1.84. The van der Waals surface area contributed by atoms with E-state index in [1.54, 1.807) is 0 Å². The predicted molar refractivity (Wildman–Crippen MR) is 46.4 cm³/mol. The van der Waals surface area contributed by atoms with Gasteiger partial charge in [-0.25, -0.2) is 0 Å². The van der Waals surface area contributed by atoms with Gasteiger partial charge in [0.25, 0.3) is 0 Å². The normalized spacial score (nSPS) is 28.0. The van der Waals surface area contributed by atoms with E-state index in [-0.39, 0.29) is 12.1 Å². The topological polar surface area (TPSA) is 24.1 Å². The Morgan fingerprint density at radius 1 is 0.917 bits per heavy atom. The minimum Gasteiger partial charge on any atom is -0.330 e. The molecule has 12 heavy (non-hydrogen) atoms. The summed E-state index contributed by atoms with van der Waals surface area (Å²) < 4.78 is 0. The highest BCUT2D eigenvalue weighted by Gasteiger charge is 2.07. The Morgan fingerprint density at radius 3 is 1.75 bits per heavy atom. The van der Waals surface area contributed by atoms with E-state index in [9.17, 15) is 0 Å². The van der Waals surface area contributed by atoms with E-state index in [1.807, 2.05) is 0 Å². The Kier molecular flexibility index (Phi) is 1.81. The van der Waals surface area contributed by atoms with Gasteiger partial charge in [-0.05, 0) is 0 Å². The quantitative estimate of drug-likeness (QED) is 0.468. The maximum absolute atomic E-state index is 3.09. The van der Waals surface area contributed by atoms with Crippen molar-refractivity contribution in [2.45, 2.75) is 24.9 Å². The largest absolute Gasteiger partial charge is 0.330 e. The first-order valence-corrected chi connectivity index (χ1v) is 3.93. The van der Waals surface area contributed by atoms with E-state index in [0.29, 0.717) is 0 Å². The van der Waals surface area contributed by atoms with Crippen molar-refractivity contribution in [3.8, 4) is 35.8 Å². The first-order chi connectivity index (χ1) is 5.95. The van der Waals surface area contributed by atoms with Crippen LogP contribution in [0, 0.1) is 35.8 Å². The van der Waals surface area contributed by atoms with E-state index < -0.39 is 0 Å². The highest BCUT2D eigenvalue weighted by Crippen LogP contribution is 1.96. The molecule has 0 aromatic heterocycles. The van der Waals surface area contributed by atoms with Gasteiger partial charge in [-0.15, -0.1) is 0 Å². The van der Waals surface area contributed by atoms with E-state index >= 15 is 0 Å². The molecule has 0 aliphatic carbocycles. The maximum Gasteiger partial charge on any atom is 0.106 e. The van der Waals surface area contributed by atoms with Gasteiger partial charge >= 0.3 is 0 Å². The van der Waals surface area contributed by atoms with Gasteiger partial charge in [0.1, 0.15) is 12.1 Å². The van der Waals surface area contributed by atoms with Crippen LogP contribution in [0.4, 0.5) is 0 Å². The lowest BCUT2D eigenvalue weighted by molar-refractivity contribution is 0.770. The number of hydrogen-bond donors (Lipinski definition) is 2. The molecule has 2 aliphatic heterocycles. The zero-order valence-corrected chi connectivity index (χ0v) is 6.57. The molecular weight excluding hydrogens is 148 g/mol.